The van der Waals surface area contributed by atoms with Crippen LogP contribution in [0.4, 0.5) is 17.6 Å². The van der Waals surface area contributed by atoms with Gasteiger partial charge in [-0.2, -0.15) is 4.39 Å². The summed E-state index contributed by atoms with van der Waals surface area (Å²) in [5, 5.41) is 9.17. The summed E-state index contributed by atoms with van der Waals surface area (Å²) in [6.45, 7) is 1.88. The average molecular weight is 487 g/mol. The summed E-state index contributed by atoms with van der Waals surface area (Å²) in [6.07, 6.45) is 4.26. The summed E-state index contributed by atoms with van der Waals surface area (Å²) < 4.78 is 63.5. The van der Waals surface area contributed by atoms with E-state index < -0.39 is 23.3 Å². The number of aryl methyl sites for hydroxylation is 1. The van der Waals surface area contributed by atoms with E-state index in [1.165, 1.54) is 6.07 Å². The van der Waals surface area contributed by atoms with Crippen LogP contribution in [0.2, 0.25) is 0 Å². The Morgan fingerprint density at radius 1 is 0.800 bits per heavy atom. The highest BCUT2D eigenvalue weighted by Crippen LogP contribution is 2.40. The van der Waals surface area contributed by atoms with E-state index in [0.29, 0.717) is 34.6 Å². The van der Waals surface area contributed by atoms with Crippen LogP contribution in [-0.4, -0.2) is 11.7 Å². The third-order valence-corrected chi connectivity index (χ3v) is 7.09. The average Bonchev–Trinajstić information content (AvgIpc) is 2.88. The van der Waals surface area contributed by atoms with Crippen LogP contribution in [0.5, 0.6) is 5.75 Å². The molecule has 3 aromatic carbocycles. The predicted octanol–water partition coefficient (Wildman–Crippen LogP) is 7.71. The topological polar surface area (TPSA) is 29.5 Å². The molecule has 0 bridgehead atoms. The molecule has 0 saturated heterocycles. The van der Waals surface area contributed by atoms with Crippen LogP contribution in [0.3, 0.4) is 0 Å². The van der Waals surface area contributed by atoms with Gasteiger partial charge in [0.1, 0.15) is 0 Å². The highest BCUT2D eigenvalue weighted by atomic mass is 19.2. The van der Waals surface area contributed by atoms with Crippen molar-refractivity contribution in [3.05, 3.63) is 88.5 Å². The van der Waals surface area contributed by atoms with E-state index in [1.54, 1.807) is 49.4 Å². The zero-order valence-corrected chi connectivity index (χ0v) is 19.8. The van der Waals surface area contributed by atoms with Crippen molar-refractivity contribution < 1.29 is 27.4 Å². The van der Waals surface area contributed by atoms with Gasteiger partial charge in [-0.05, 0) is 85.6 Å². The van der Waals surface area contributed by atoms with Crippen LogP contribution >= 0.6 is 0 Å². The SMILES string of the molecule is CCOc1ccc(CCC2CCC(c3ccc(-c4ccc(CO)cc4)c(F)c3F)CC2)c(F)c1F. The summed E-state index contributed by atoms with van der Waals surface area (Å²) in [5.74, 6) is -3.26. The number of hydrogen-bond donors (Lipinski definition) is 1. The Balaban J connectivity index is 1.37. The Hall–Kier alpha value is -2.86. The Morgan fingerprint density at radius 2 is 1.51 bits per heavy atom. The third kappa shape index (κ3) is 5.53. The molecule has 1 fully saturated rings. The van der Waals surface area contributed by atoms with Crippen molar-refractivity contribution in [3.63, 3.8) is 0 Å². The zero-order valence-electron chi connectivity index (χ0n) is 19.8. The van der Waals surface area contributed by atoms with Crippen LogP contribution in [-0.2, 0) is 13.0 Å². The molecule has 0 heterocycles. The molecule has 4 rings (SSSR count). The number of halogens is 4. The summed E-state index contributed by atoms with van der Waals surface area (Å²) in [7, 11) is 0. The van der Waals surface area contributed by atoms with E-state index in [0.717, 1.165) is 32.1 Å². The Kier molecular flexibility index (Phi) is 8.11. The van der Waals surface area contributed by atoms with Gasteiger partial charge < -0.3 is 9.84 Å². The lowest BCUT2D eigenvalue weighted by atomic mass is 9.76. The van der Waals surface area contributed by atoms with Gasteiger partial charge in [-0.25, -0.2) is 13.2 Å². The van der Waals surface area contributed by atoms with Crippen molar-refractivity contribution >= 4 is 0 Å². The molecule has 186 valence electrons. The molecule has 0 atom stereocenters. The first-order valence-corrected chi connectivity index (χ1v) is 12.2. The number of aliphatic hydroxyl groups excluding tert-OH is 1. The number of hydrogen-bond acceptors (Lipinski definition) is 2. The van der Waals surface area contributed by atoms with Crippen molar-refractivity contribution in [2.45, 2.75) is 58.0 Å². The largest absolute Gasteiger partial charge is 0.491 e. The molecule has 1 aliphatic carbocycles. The van der Waals surface area contributed by atoms with Gasteiger partial charge in [0.2, 0.25) is 5.82 Å². The molecule has 0 amide bonds. The van der Waals surface area contributed by atoms with Gasteiger partial charge in [0, 0.05) is 5.56 Å². The predicted molar refractivity (Wildman–Crippen MR) is 128 cm³/mol. The Bertz CT molecular complexity index is 1150. The number of aliphatic hydroxyl groups is 1. The smallest absolute Gasteiger partial charge is 0.200 e. The summed E-state index contributed by atoms with van der Waals surface area (Å²) in [5.41, 5.74) is 2.21. The fraction of sp³-hybridized carbons (Fsp3) is 0.379. The van der Waals surface area contributed by atoms with Gasteiger partial charge in [-0.1, -0.05) is 42.5 Å². The minimum atomic E-state index is -0.946. The van der Waals surface area contributed by atoms with E-state index in [2.05, 4.69) is 0 Å². The van der Waals surface area contributed by atoms with Crippen molar-refractivity contribution in [1.29, 1.82) is 0 Å². The molecule has 6 heteroatoms. The second-order valence-electron chi connectivity index (χ2n) is 9.23. The molecule has 3 aromatic rings. The van der Waals surface area contributed by atoms with Crippen LogP contribution < -0.4 is 4.74 Å². The molecule has 0 spiro atoms. The van der Waals surface area contributed by atoms with Crippen molar-refractivity contribution in [3.8, 4) is 16.9 Å². The molecular formula is C29H30F4O2. The number of ether oxygens (including phenoxy) is 1. The maximum absolute atomic E-state index is 15.0. The van der Waals surface area contributed by atoms with E-state index in [1.807, 2.05) is 0 Å². The van der Waals surface area contributed by atoms with Gasteiger partial charge in [-0.15, -0.1) is 0 Å². The molecular weight excluding hydrogens is 456 g/mol. The molecule has 2 nitrogen and oxygen atoms in total. The monoisotopic (exact) mass is 486 g/mol. The summed E-state index contributed by atoms with van der Waals surface area (Å²) >= 11 is 0. The second-order valence-corrected chi connectivity index (χ2v) is 9.23. The molecule has 35 heavy (non-hydrogen) atoms. The molecule has 1 N–H and O–H groups in total. The molecule has 0 aromatic heterocycles. The fourth-order valence-electron chi connectivity index (χ4n) is 5.05. The maximum atomic E-state index is 15.0. The van der Waals surface area contributed by atoms with Gasteiger partial charge in [0.15, 0.2) is 23.2 Å². The zero-order chi connectivity index (χ0) is 24.9. The van der Waals surface area contributed by atoms with Crippen LogP contribution in [0.15, 0.2) is 48.5 Å². The van der Waals surface area contributed by atoms with E-state index in [4.69, 9.17) is 9.84 Å². The molecule has 0 aliphatic heterocycles. The molecule has 0 radical (unpaired) electrons. The summed E-state index contributed by atoms with van der Waals surface area (Å²) in [4.78, 5) is 0. The lowest BCUT2D eigenvalue weighted by Crippen LogP contribution is -2.16. The first-order valence-electron chi connectivity index (χ1n) is 12.2. The minimum Gasteiger partial charge on any atom is -0.491 e. The molecule has 0 unspecified atom stereocenters. The Labute approximate surface area is 203 Å². The fourth-order valence-corrected chi connectivity index (χ4v) is 5.05. The van der Waals surface area contributed by atoms with Crippen LogP contribution in [0, 0.1) is 29.2 Å². The van der Waals surface area contributed by atoms with Crippen molar-refractivity contribution in [2.75, 3.05) is 6.61 Å². The van der Waals surface area contributed by atoms with Gasteiger partial charge in [0.05, 0.1) is 13.2 Å². The maximum Gasteiger partial charge on any atom is 0.200 e. The van der Waals surface area contributed by atoms with Crippen molar-refractivity contribution in [2.24, 2.45) is 5.92 Å². The third-order valence-electron chi connectivity index (χ3n) is 7.09. The number of benzene rings is 3. The van der Waals surface area contributed by atoms with Crippen molar-refractivity contribution in [1.82, 2.24) is 0 Å². The van der Waals surface area contributed by atoms with Gasteiger partial charge >= 0.3 is 0 Å². The van der Waals surface area contributed by atoms with Gasteiger partial charge in [0.25, 0.3) is 0 Å². The van der Waals surface area contributed by atoms with Gasteiger partial charge in [-0.3, -0.25) is 0 Å². The van der Waals surface area contributed by atoms with E-state index >= 15 is 4.39 Å². The highest BCUT2D eigenvalue weighted by Gasteiger charge is 2.27. The second kappa shape index (κ2) is 11.3. The Morgan fingerprint density at radius 3 is 2.17 bits per heavy atom. The lowest BCUT2D eigenvalue weighted by Gasteiger charge is -2.29. The molecule has 1 saturated carbocycles. The van der Waals surface area contributed by atoms with Crippen LogP contribution in [0.25, 0.3) is 11.1 Å². The number of rotatable bonds is 8. The van der Waals surface area contributed by atoms with Crippen LogP contribution in [0.1, 0.15) is 61.6 Å². The first kappa shape index (κ1) is 25.2. The van der Waals surface area contributed by atoms with E-state index in [-0.39, 0.29) is 30.4 Å². The molecule has 1 aliphatic rings. The lowest BCUT2D eigenvalue weighted by molar-refractivity contribution is 0.282. The van der Waals surface area contributed by atoms with E-state index in [9.17, 15) is 13.2 Å². The normalized spacial score (nSPS) is 18.0. The highest BCUT2D eigenvalue weighted by molar-refractivity contribution is 5.65. The standard InChI is InChI=1S/C29H30F4O2/c1-2-35-25-16-13-22(26(30)29(25)33)12-5-18-3-8-20(9-4-18)23-14-15-24(28(32)27(23)31)21-10-6-19(17-34)7-11-21/h6-7,10-11,13-16,18,20,34H,2-5,8-9,12,17H2,1H3. The quantitative estimate of drug-likeness (QED) is 0.331. The summed E-state index contributed by atoms with van der Waals surface area (Å²) in [6, 6.07) is 13.1. The first-order chi connectivity index (χ1) is 16.9. The minimum absolute atomic E-state index is 0.0637.